The van der Waals surface area contributed by atoms with E-state index in [1.807, 2.05) is 43.3 Å². The SMILES string of the molecule is CN(C)c1ccc(CNC(=O)c2csc(CN)n2)cc1. The molecule has 0 spiro atoms. The van der Waals surface area contributed by atoms with E-state index in [0.717, 1.165) is 16.3 Å². The zero-order valence-corrected chi connectivity index (χ0v) is 12.4. The number of carbonyl (C=O) groups is 1. The number of anilines is 1. The van der Waals surface area contributed by atoms with E-state index in [9.17, 15) is 4.79 Å². The standard InChI is InChI=1S/C14H18N4OS/c1-18(2)11-5-3-10(4-6-11)8-16-14(19)12-9-20-13(7-15)17-12/h3-6,9H,7-8,15H2,1-2H3,(H,16,19). The van der Waals surface area contributed by atoms with Crippen molar-refractivity contribution >= 4 is 22.9 Å². The Balaban J connectivity index is 1.92. The molecule has 0 radical (unpaired) electrons. The summed E-state index contributed by atoms with van der Waals surface area (Å²) < 4.78 is 0. The van der Waals surface area contributed by atoms with Crippen molar-refractivity contribution in [2.75, 3.05) is 19.0 Å². The van der Waals surface area contributed by atoms with Gasteiger partial charge in [0.1, 0.15) is 10.7 Å². The lowest BCUT2D eigenvalue weighted by atomic mass is 10.2. The van der Waals surface area contributed by atoms with E-state index < -0.39 is 0 Å². The second-order valence-corrected chi connectivity index (χ2v) is 5.52. The van der Waals surface area contributed by atoms with Gasteiger partial charge in [-0.2, -0.15) is 0 Å². The lowest BCUT2D eigenvalue weighted by molar-refractivity contribution is 0.0946. The highest BCUT2D eigenvalue weighted by atomic mass is 32.1. The first kappa shape index (κ1) is 14.5. The van der Waals surface area contributed by atoms with E-state index in [-0.39, 0.29) is 5.91 Å². The highest BCUT2D eigenvalue weighted by Gasteiger charge is 2.09. The van der Waals surface area contributed by atoms with Crippen LogP contribution >= 0.6 is 11.3 Å². The summed E-state index contributed by atoms with van der Waals surface area (Å²) in [4.78, 5) is 18.1. The van der Waals surface area contributed by atoms with Gasteiger partial charge in [0.05, 0.1) is 0 Å². The first-order chi connectivity index (χ1) is 9.60. The number of hydrogen-bond donors (Lipinski definition) is 2. The van der Waals surface area contributed by atoms with Crippen molar-refractivity contribution in [1.29, 1.82) is 0 Å². The highest BCUT2D eigenvalue weighted by Crippen LogP contribution is 2.12. The van der Waals surface area contributed by atoms with Crippen molar-refractivity contribution in [3.05, 3.63) is 45.9 Å². The van der Waals surface area contributed by atoms with Crippen molar-refractivity contribution in [3.63, 3.8) is 0 Å². The molecule has 0 fully saturated rings. The van der Waals surface area contributed by atoms with Gasteiger partial charge in [0.2, 0.25) is 0 Å². The summed E-state index contributed by atoms with van der Waals surface area (Å²) >= 11 is 1.40. The van der Waals surface area contributed by atoms with Crippen LogP contribution in [0.15, 0.2) is 29.6 Å². The zero-order valence-electron chi connectivity index (χ0n) is 11.6. The Bertz CT molecular complexity index is 577. The third kappa shape index (κ3) is 3.55. The summed E-state index contributed by atoms with van der Waals surface area (Å²) in [5.41, 5.74) is 8.10. The molecule has 1 heterocycles. The predicted molar refractivity (Wildman–Crippen MR) is 81.9 cm³/mol. The molecule has 0 atom stereocenters. The van der Waals surface area contributed by atoms with Gasteiger partial charge in [0.25, 0.3) is 5.91 Å². The van der Waals surface area contributed by atoms with Crippen molar-refractivity contribution in [1.82, 2.24) is 10.3 Å². The molecule has 20 heavy (non-hydrogen) atoms. The molecule has 0 aliphatic rings. The maximum Gasteiger partial charge on any atom is 0.271 e. The summed E-state index contributed by atoms with van der Waals surface area (Å²) in [6.07, 6.45) is 0. The van der Waals surface area contributed by atoms with Gasteiger partial charge in [-0.25, -0.2) is 4.98 Å². The lowest BCUT2D eigenvalue weighted by Crippen LogP contribution is -2.23. The lowest BCUT2D eigenvalue weighted by Gasteiger charge is -2.12. The van der Waals surface area contributed by atoms with Crippen molar-refractivity contribution in [2.45, 2.75) is 13.1 Å². The molecular weight excluding hydrogens is 272 g/mol. The van der Waals surface area contributed by atoms with Gasteiger partial charge in [-0.1, -0.05) is 12.1 Å². The molecule has 0 saturated heterocycles. The van der Waals surface area contributed by atoms with Crippen LogP contribution in [0.5, 0.6) is 0 Å². The largest absolute Gasteiger partial charge is 0.378 e. The Morgan fingerprint density at radius 2 is 2.05 bits per heavy atom. The quantitative estimate of drug-likeness (QED) is 0.877. The van der Waals surface area contributed by atoms with E-state index in [0.29, 0.717) is 18.8 Å². The summed E-state index contributed by atoms with van der Waals surface area (Å²) in [5.74, 6) is -0.169. The monoisotopic (exact) mass is 290 g/mol. The maximum absolute atomic E-state index is 11.9. The van der Waals surface area contributed by atoms with Crippen LogP contribution in [0.1, 0.15) is 21.1 Å². The van der Waals surface area contributed by atoms with E-state index in [2.05, 4.69) is 10.3 Å². The number of carbonyl (C=O) groups excluding carboxylic acids is 1. The second-order valence-electron chi connectivity index (χ2n) is 4.57. The van der Waals surface area contributed by atoms with Crippen LogP contribution in [0.2, 0.25) is 0 Å². The van der Waals surface area contributed by atoms with Gasteiger partial charge in [-0.15, -0.1) is 11.3 Å². The molecule has 0 aliphatic heterocycles. The molecular formula is C14H18N4OS. The van der Waals surface area contributed by atoms with E-state index in [4.69, 9.17) is 5.73 Å². The number of amides is 1. The van der Waals surface area contributed by atoms with Gasteiger partial charge in [0.15, 0.2) is 0 Å². The minimum atomic E-state index is -0.169. The number of rotatable bonds is 5. The fourth-order valence-corrected chi connectivity index (χ4v) is 2.35. The molecule has 1 aromatic heterocycles. The van der Waals surface area contributed by atoms with Crippen molar-refractivity contribution in [2.24, 2.45) is 5.73 Å². The molecule has 0 aliphatic carbocycles. The molecule has 106 valence electrons. The molecule has 2 rings (SSSR count). The number of thiazole rings is 1. The molecule has 1 aromatic carbocycles. The van der Waals surface area contributed by atoms with Crippen molar-refractivity contribution < 1.29 is 4.79 Å². The maximum atomic E-state index is 11.9. The molecule has 2 aromatic rings. The van der Waals surface area contributed by atoms with E-state index in [1.54, 1.807) is 5.38 Å². The molecule has 0 saturated carbocycles. The molecule has 0 unspecified atom stereocenters. The third-order valence-electron chi connectivity index (χ3n) is 2.86. The minimum Gasteiger partial charge on any atom is -0.378 e. The highest BCUT2D eigenvalue weighted by molar-refractivity contribution is 7.09. The zero-order chi connectivity index (χ0) is 14.5. The molecule has 1 amide bonds. The topological polar surface area (TPSA) is 71.2 Å². The average Bonchev–Trinajstić information content (AvgIpc) is 2.94. The molecule has 3 N–H and O–H groups in total. The summed E-state index contributed by atoms with van der Waals surface area (Å²) in [7, 11) is 3.99. The van der Waals surface area contributed by atoms with Crippen LogP contribution in [0.25, 0.3) is 0 Å². The van der Waals surface area contributed by atoms with Crippen LogP contribution in [-0.4, -0.2) is 25.0 Å². The second kappa shape index (κ2) is 6.49. The van der Waals surface area contributed by atoms with Crippen LogP contribution in [0.3, 0.4) is 0 Å². The molecule has 0 bridgehead atoms. The van der Waals surface area contributed by atoms with E-state index >= 15 is 0 Å². The number of hydrogen-bond acceptors (Lipinski definition) is 5. The average molecular weight is 290 g/mol. The number of benzene rings is 1. The van der Waals surface area contributed by atoms with Gasteiger partial charge in [-0.05, 0) is 17.7 Å². The Morgan fingerprint density at radius 1 is 1.35 bits per heavy atom. The van der Waals surface area contributed by atoms with Gasteiger partial charge >= 0.3 is 0 Å². The Morgan fingerprint density at radius 3 is 2.60 bits per heavy atom. The van der Waals surface area contributed by atoms with Crippen LogP contribution in [-0.2, 0) is 13.1 Å². The van der Waals surface area contributed by atoms with Crippen LogP contribution in [0, 0.1) is 0 Å². The summed E-state index contributed by atoms with van der Waals surface area (Å²) in [6.45, 7) is 0.853. The first-order valence-electron chi connectivity index (χ1n) is 6.29. The van der Waals surface area contributed by atoms with Crippen LogP contribution < -0.4 is 16.0 Å². The summed E-state index contributed by atoms with van der Waals surface area (Å²) in [6, 6.07) is 8.05. The Hall–Kier alpha value is -1.92. The van der Waals surface area contributed by atoms with Crippen LogP contribution in [0.4, 0.5) is 5.69 Å². The van der Waals surface area contributed by atoms with E-state index in [1.165, 1.54) is 11.3 Å². The third-order valence-corrected chi connectivity index (χ3v) is 3.74. The number of nitrogens with zero attached hydrogens (tertiary/aromatic N) is 2. The molecule has 5 nitrogen and oxygen atoms in total. The summed E-state index contributed by atoms with van der Waals surface area (Å²) in [5, 5.41) is 5.35. The first-order valence-corrected chi connectivity index (χ1v) is 7.17. The van der Waals surface area contributed by atoms with Gasteiger partial charge in [-0.3, -0.25) is 4.79 Å². The number of aromatic nitrogens is 1. The van der Waals surface area contributed by atoms with Crippen molar-refractivity contribution in [3.8, 4) is 0 Å². The fraction of sp³-hybridized carbons (Fsp3) is 0.286. The number of nitrogens with one attached hydrogen (secondary N) is 1. The smallest absolute Gasteiger partial charge is 0.271 e. The minimum absolute atomic E-state index is 0.169. The Labute approximate surface area is 122 Å². The molecule has 6 heteroatoms. The Kier molecular flexibility index (Phi) is 4.70. The van der Waals surface area contributed by atoms with Gasteiger partial charge < -0.3 is 16.0 Å². The normalized spacial score (nSPS) is 10.3. The van der Waals surface area contributed by atoms with Gasteiger partial charge in [0, 0.05) is 38.3 Å². The fourth-order valence-electron chi connectivity index (χ4n) is 1.69. The predicted octanol–water partition coefficient (Wildman–Crippen LogP) is 1.60. The number of nitrogens with two attached hydrogens (primary N) is 1.